The van der Waals surface area contributed by atoms with Crippen LogP contribution < -0.4 is 14.8 Å². The quantitative estimate of drug-likeness (QED) is 0.686. The summed E-state index contributed by atoms with van der Waals surface area (Å²) in [6.07, 6.45) is 1.34. The molecule has 0 aliphatic rings. The van der Waals surface area contributed by atoms with Crippen LogP contribution in [0.2, 0.25) is 0 Å². The molecule has 0 saturated carbocycles. The summed E-state index contributed by atoms with van der Waals surface area (Å²) in [6.45, 7) is -1.35. The van der Waals surface area contributed by atoms with Crippen LogP contribution in [0.1, 0.15) is 5.69 Å². The average Bonchev–Trinajstić information content (AvgIpc) is 2.57. The van der Waals surface area contributed by atoms with Crippen LogP contribution in [0.5, 0.6) is 11.6 Å². The Kier molecular flexibility index (Phi) is 6.33. The van der Waals surface area contributed by atoms with Crippen molar-refractivity contribution in [2.75, 3.05) is 11.9 Å². The summed E-state index contributed by atoms with van der Waals surface area (Å²) in [5.74, 6) is -1.11. The maximum absolute atomic E-state index is 13.4. The summed E-state index contributed by atoms with van der Waals surface area (Å²) < 4.78 is 47.3. The van der Waals surface area contributed by atoms with Gasteiger partial charge in [-0.2, -0.15) is 13.9 Å². The second-order valence-electron chi connectivity index (χ2n) is 4.82. The van der Waals surface area contributed by atoms with E-state index in [1.807, 2.05) is 13.0 Å². The first-order valence-electron chi connectivity index (χ1n) is 7.12. The number of rotatable bonds is 8. The maximum Gasteiger partial charge on any atom is 0.387 e. The molecule has 1 aromatic heterocycles. The van der Waals surface area contributed by atoms with Crippen molar-refractivity contribution in [1.82, 2.24) is 4.98 Å². The molecule has 132 valence electrons. The summed E-state index contributed by atoms with van der Waals surface area (Å²) in [7, 11) is 0. The molecule has 0 radical (unpaired) electrons. The highest BCUT2D eigenvalue weighted by atomic mass is 19.3. The Bertz CT molecular complexity index is 769. The molecule has 0 fully saturated rings. The largest absolute Gasteiger partial charge is 0.471 e. The van der Waals surface area contributed by atoms with Crippen molar-refractivity contribution in [2.45, 2.75) is 13.5 Å². The third kappa shape index (κ3) is 5.79. The fraction of sp³-hybridized carbons (Fsp3) is 0.188. The number of hydrogen-bond donors (Lipinski definition) is 2. The first-order valence-corrected chi connectivity index (χ1v) is 7.12. The van der Waals surface area contributed by atoms with Crippen LogP contribution in [0.4, 0.5) is 18.9 Å². The standard InChI is InChI=1S/C16H15F3N4O2/c1-10-3-2-4-15(22-10)24-9-12(23-20)8-21-11-5-6-13(17)14(7-11)25-16(18)19/h2-8,16,20-21H,9H2,1H3/b12-8-,23-20?. The molecule has 25 heavy (non-hydrogen) atoms. The lowest BCUT2D eigenvalue weighted by Gasteiger charge is -2.09. The van der Waals surface area contributed by atoms with Gasteiger partial charge in [0.25, 0.3) is 0 Å². The van der Waals surface area contributed by atoms with Crippen LogP contribution in [-0.4, -0.2) is 18.2 Å². The van der Waals surface area contributed by atoms with Crippen LogP contribution in [0.3, 0.4) is 0 Å². The monoisotopic (exact) mass is 352 g/mol. The van der Waals surface area contributed by atoms with E-state index in [0.29, 0.717) is 5.88 Å². The smallest absolute Gasteiger partial charge is 0.387 e. The highest BCUT2D eigenvalue weighted by molar-refractivity contribution is 5.51. The van der Waals surface area contributed by atoms with Gasteiger partial charge in [-0.15, -0.1) is 0 Å². The van der Waals surface area contributed by atoms with Gasteiger partial charge in [-0.1, -0.05) is 6.07 Å². The number of aryl methyl sites for hydroxylation is 1. The number of hydrogen-bond acceptors (Lipinski definition) is 6. The minimum atomic E-state index is -3.13. The van der Waals surface area contributed by atoms with Gasteiger partial charge in [-0.25, -0.2) is 14.9 Å². The van der Waals surface area contributed by atoms with Gasteiger partial charge in [0.15, 0.2) is 11.6 Å². The van der Waals surface area contributed by atoms with Crippen LogP contribution in [0.25, 0.3) is 0 Å². The molecule has 0 aliphatic heterocycles. The van der Waals surface area contributed by atoms with E-state index in [1.165, 1.54) is 12.3 Å². The summed E-state index contributed by atoms with van der Waals surface area (Å²) >= 11 is 0. The van der Waals surface area contributed by atoms with E-state index in [9.17, 15) is 13.2 Å². The molecule has 2 rings (SSSR count). The number of anilines is 1. The Morgan fingerprint density at radius 2 is 2.16 bits per heavy atom. The minimum absolute atomic E-state index is 0.0332. The van der Waals surface area contributed by atoms with E-state index in [1.54, 1.807) is 12.1 Å². The maximum atomic E-state index is 13.4. The second kappa shape index (κ2) is 8.67. The van der Waals surface area contributed by atoms with E-state index in [2.05, 4.69) is 20.2 Å². The van der Waals surface area contributed by atoms with Gasteiger partial charge < -0.3 is 14.8 Å². The van der Waals surface area contributed by atoms with Crippen LogP contribution in [0.15, 0.2) is 53.4 Å². The van der Waals surface area contributed by atoms with Crippen LogP contribution in [0, 0.1) is 18.3 Å². The Morgan fingerprint density at radius 1 is 1.36 bits per heavy atom. The van der Waals surface area contributed by atoms with Crippen LogP contribution in [-0.2, 0) is 0 Å². The first kappa shape index (κ1) is 18.2. The lowest BCUT2D eigenvalue weighted by molar-refractivity contribution is -0.0521. The molecule has 6 nitrogen and oxygen atoms in total. The van der Waals surface area contributed by atoms with E-state index in [-0.39, 0.29) is 18.0 Å². The zero-order chi connectivity index (χ0) is 18.2. The predicted octanol–water partition coefficient (Wildman–Crippen LogP) is 4.49. The van der Waals surface area contributed by atoms with E-state index in [4.69, 9.17) is 10.3 Å². The number of ether oxygens (including phenoxy) is 2. The Labute approximate surface area is 141 Å². The highest BCUT2D eigenvalue weighted by Crippen LogP contribution is 2.23. The van der Waals surface area contributed by atoms with Gasteiger partial charge in [-0.3, -0.25) is 0 Å². The molecule has 0 atom stereocenters. The summed E-state index contributed by atoms with van der Waals surface area (Å²) in [5.41, 5.74) is 8.41. The van der Waals surface area contributed by atoms with Crippen molar-refractivity contribution in [1.29, 1.82) is 5.53 Å². The van der Waals surface area contributed by atoms with Crippen molar-refractivity contribution in [3.05, 3.63) is 59.8 Å². The Hall–Kier alpha value is -3.10. The summed E-state index contributed by atoms with van der Waals surface area (Å²) in [6, 6.07) is 8.64. The number of alkyl halides is 2. The lowest BCUT2D eigenvalue weighted by atomic mass is 10.3. The fourth-order valence-electron chi connectivity index (χ4n) is 1.80. The third-order valence-corrected chi connectivity index (χ3v) is 2.93. The predicted molar refractivity (Wildman–Crippen MR) is 84.4 cm³/mol. The third-order valence-electron chi connectivity index (χ3n) is 2.93. The van der Waals surface area contributed by atoms with Gasteiger partial charge in [-0.05, 0) is 25.1 Å². The molecule has 2 N–H and O–H groups in total. The van der Waals surface area contributed by atoms with Gasteiger partial charge in [0.1, 0.15) is 12.3 Å². The van der Waals surface area contributed by atoms with Gasteiger partial charge >= 0.3 is 6.61 Å². The molecular weight excluding hydrogens is 337 g/mol. The Balaban J connectivity index is 2.01. The van der Waals surface area contributed by atoms with Crippen molar-refractivity contribution in [2.24, 2.45) is 5.11 Å². The number of benzene rings is 1. The van der Waals surface area contributed by atoms with Crippen molar-refractivity contribution >= 4 is 5.69 Å². The molecule has 0 unspecified atom stereocenters. The van der Waals surface area contributed by atoms with Crippen LogP contribution >= 0.6 is 0 Å². The van der Waals surface area contributed by atoms with Crippen molar-refractivity contribution < 1.29 is 22.6 Å². The molecule has 0 bridgehead atoms. The van der Waals surface area contributed by atoms with Crippen molar-refractivity contribution in [3.63, 3.8) is 0 Å². The molecule has 1 aromatic carbocycles. The number of halogens is 3. The fourth-order valence-corrected chi connectivity index (χ4v) is 1.80. The van der Waals surface area contributed by atoms with Gasteiger partial charge in [0, 0.05) is 29.7 Å². The molecule has 0 spiro atoms. The van der Waals surface area contributed by atoms with E-state index < -0.39 is 18.2 Å². The molecule has 0 amide bonds. The summed E-state index contributed by atoms with van der Waals surface area (Å²) in [4.78, 5) is 4.14. The average molecular weight is 352 g/mol. The zero-order valence-corrected chi connectivity index (χ0v) is 13.2. The number of pyridine rings is 1. The number of nitrogens with one attached hydrogen (secondary N) is 2. The number of aromatic nitrogens is 1. The zero-order valence-electron chi connectivity index (χ0n) is 13.2. The summed E-state index contributed by atoms with van der Waals surface area (Å²) in [5, 5.41) is 6.02. The molecule has 0 saturated heterocycles. The van der Waals surface area contributed by atoms with E-state index in [0.717, 1.165) is 17.8 Å². The topological polar surface area (TPSA) is 79.6 Å². The van der Waals surface area contributed by atoms with Crippen molar-refractivity contribution in [3.8, 4) is 11.6 Å². The highest BCUT2D eigenvalue weighted by Gasteiger charge is 2.10. The van der Waals surface area contributed by atoms with E-state index >= 15 is 0 Å². The SMILES string of the molecule is Cc1cccc(OC/C(=C/Nc2ccc(F)c(OC(F)F)c2)N=N)n1. The molecule has 1 heterocycles. The van der Waals surface area contributed by atoms with Gasteiger partial charge in [0.2, 0.25) is 5.88 Å². The first-order chi connectivity index (χ1) is 12.0. The Morgan fingerprint density at radius 3 is 2.84 bits per heavy atom. The molecule has 9 heteroatoms. The number of nitrogens with zero attached hydrogens (tertiary/aromatic N) is 2. The molecule has 2 aromatic rings. The van der Waals surface area contributed by atoms with Gasteiger partial charge in [0.05, 0.1) is 0 Å². The molecular formula is C16H15F3N4O2. The lowest BCUT2D eigenvalue weighted by Crippen LogP contribution is -2.05. The normalized spacial score (nSPS) is 11.3. The minimum Gasteiger partial charge on any atom is -0.471 e. The molecule has 0 aliphatic carbocycles. The second-order valence-corrected chi connectivity index (χ2v) is 4.82.